The molecule has 2 aromatic rings. The molecule has 1 aromatic heterocycles. The Hall–Kier alpha value is -1.47. The zero-order chi connectivity index (χ0) is 12.8. The zero-order valence-corrected chi connectivity index (χ0v) is 10.8. The summed E-state index contributed by atoms with van der Waals surface area (Å²) in [6, 6.07) is 6.50. The maximum atomic E-state index is 12.7. The van der Waals surface area contributed by atoms with Gasteiger partial charge in [0.25, 0.3) is 0 Å². The van der Waals surface area contributed by atoms with Gasteiger partial charge in [0.1, 0.15) is 5.82 Å². The van der Waals surface area contributed by atoms with Gasteiger partial charge in [0.05, 0.1) is 0 Å². The summed E-state index contributed by atoms with van der Waals surface area (Å²) in [7, 11) is 1.81. The number of aromatic nitrogens is 4. The molecular weight excluding hydrogens is 253 g/mol. The molecule has 0 saturated heterocycles. The van der Waals surface area contributed by atoms with Gasteiger partial charge in [0.15, 0.2) is 0 Å². The lowest BCUT2D eigenvalue weighted by molar-refractivity contribution is 0.625. The van der Waals surface area contributed by atoms with E-state index in [1.807, 2.05) is 7.05 Å². The summed E-state index contributed by atoms with van der Waals surface area (Å²) in [6.45, 7) is 1.58. The minimum atomic E-state index is -0.205. The van der Waals surface area contributed by atoms with Crippen LogP contribution in [0.1, 0.15) is 5.56 Å². The molecule has 7 heteroatoms. The molecule has 0 aliphatic carbocycles. The number of benzene rings is 1. The van der Waals surface area contributed by atoms with Crippen LogP contribution in [-0.2, 0) is 13.6 Å². The minimum absolute atomic E-state index is 0.205. The summed E-state index contributed by atoms with van der Waals surface area (Å²) >= 11 is 1.60. The quantitative estimate of drug-likeness (QED) is 0.630. The molecular formula is C11H14FN5S. The number of aryl methyl sites for hydroxylation is 1. The summed E-state index contributed by atoms with van der Waals surface area (Å²) in [5.74, 6) is 0.680. The summed E-state index contributed by atoms with van der Waals surface area (Å²) in [5, 5.41) is 15.3. The Bertz CT molecular complexity index is 484. The Kier molecular flexibility index (Phi) is 4.66. The highest BCUT2D eigenvalue weighted by molar-refractivity contribution is 7.99. The van der Waals surface area contributed by atoms with E-state index in [-0.39, 0.29) is 5.82 Å². The molecule has 0 radical (unpaired) electrons. The molecule has 0 saturated carbocycles. The van der Waals surface area contributed by atoms with Gasteiger partial charge in [-0.1, -0.05) is 23.9 Å². The number of rotatable bonds is 6. The number of thioether (sulfide) groups is 1. The second-order valence-electron chi connectivity index (χ2n) is 3.74. The van der Waals surface area contributed by atoms with E-state index in [2.05, 4.69) is 20.8 Å². The number of halogens is 1. The van der Waals surface area contributed by atoms with Crippen molar-refractivity contribution in [2.75, 3.05) is 12.3 Å². The fourth-order valence-electron chi connectivity index (χ4n) is 1.39. The SMILES string of the molecule is Cn1nnnc1SCCNCc1ccc(F)cc1. The van der Waals surface area contributed by atoms with Crippen LogP contribution in [0.15, 0.2) is 29.4 Å². The van der Waals surface area contributed by atoms with E-state index in [4.69, 9.17) is 0 Å². The Labute approximate surface area is 109 Å². The Morgan fingerprint density at radius 2 is 2.11 bits per heavy atom. The fourth-order valence-corrected chi connectivity index (χ4v) is 2.14. The van der Waals surface area contributed by atoms with Crippen LogP contribution in [-0.4, -0.2) is 32.5 Å². The van der Waals surface area contributed by atoms with Gasteiger partial charge in [0, 0.05) is 25.9 Å². The number of tetrazole rings is 1. The second-order valence-corrected chi connectivity index (χ2v) is 4.80. The zero-order valence-electron chi connectivity index (χ0n) is 10.0. The highest BCUT2D eigenvalue weighted by atomic mass is 32.2. The van der Waals surface area contributed by atoms with Gasteiger partial charge in [-0.05, 0) is 28.1 Å². The summed E-state index contributed by atoms with van der Waals surface area (Å²) in [6.07, 6.45) is 0. The molecule has 0 atom stereocenters. The molecule has 1 N–H and O–H groups in total. The van der Waals surface area contributed by atoms with Crippen molar-refractivity contribution >= 4 is 11.8 Å². The molecule has 5 nitrogen and oxygen atoms in total. The largest absolute Gasteiger partial charge is 0.312 e. The highest BCUT2D eigenvalue weighted by Gasteiger charge is 2.01. The molecule has 96 valence electrons. The van der Waals surface area contributed by atoms with Crippen molar-refractivity contribution in [3.05, 3.63) is 35.6 Å². The Balaban J connectivity index is 1.64. The lowest BCUT2D eigenvalue weighted by atomic mass is 10.2. The smallest absolute Gasteiger partial charge is 0.209 e. The maximum absolute atomic E-state index is 12.7. The summed E-state index contributed by atoms with van der Waals surface area (Å²) in [5.41, 5.74) is 1.07. The van der Waals surface area contributed by atoms with Crippen molar-refractivity contribution in [1.82, 2.24) is 25.5 Å². The molecule has 0 unspecified atom stereocenters. The monoisotopic (exact) mass is 267 g/mol. The van der Waals surface area contributed by atoms with E-state index in [0.29, 0.717) is 0 Å². The lowest BCUT2D eigenvalue weighted by Crippen LogP contribution is -2.16. The van der Waals surface area contributed by atoms with Gasteiger partial charge in [-0.3, -0.25) is 0 Å². The third-order valence-electron chi connectivity index (χ3n) is 2.33. The molecule has 1 heterocycles. The van der Waals surface area contributed by atoms with Gasteiger partial charge < -0.3 is 5.32 Å². The Morgan fingerprint density at radius 1 is 1.33 bits per heavy atom. The van der Waals surface area contributed by atoms with Crippen LogP contribution in [0.2, 0.25) is 0 Å². The van der Waals surface area contributed by atoms with E-state index in [1.54, 1.807) is 28.6 Å². The van der Waals surface area contributed by atoms with Crippen LogP contribution in [0, 0.1) is 5.82 Å². The predicted molar refractivity (Wildman–Crippen MR) is 67.6 cm³/mol. The van der Waals surface area contributed by atoms with Gasteiger partial charge in [-0.25, -0.2) is 9.07 Å². The molecule has 0 fully saturated rings. The first-order valence-corrected chi connectivity index (χ1v) is 6.54. The second kappa shape index (κ2) is 6.46. The van der Waals surface area contributed by atoms with Crippen LogP contribution < -0.4 is 5.32 Å². The molecule has 0 bridgehead atoms. The average Bonchev–Trinajstić information content (AvgIpc) is 2.77. The standard InChI is InChI=1S/C11H14FN5S/c1-17-11(14-15-16-17)18-7-6-13-8-9-2-4-10(12)5-3-9/h2-5,13H,6-8H2,1H3. The summed E-state index contributed by atoms with van der Waals surface area (Å²) < 4.78 is 14.3. The van der Waals surface area contributed by atoms with Crippen molar-refractivity contribution in [1.29, 1.82) is 0 Å². The van der Waals surface area contributed by atoms with Crippen LogP contribution in [0.25, 0.3) is 0 Å². The first kappa shape index (κ1) is 13.0. The third kappa shape index (κ3) is 3.78. The first-order valence-electron chi connectivity index (χ1n) is 5.56. The van der Waals surface area contributed by atoms with Gasteiger partial charge in [0.2, 0.25) is 5.16 Å². The average molecular weight is 267 g/mol. The van der Waals surface area contributed by atoms with Crippen molar-refractivity contribution in [3.8, 4) is 0 Å². The lowest BCUT2D eigenvalue weighted by Gasteiger charge is -2.04. The first-order chi connectivity index (χ1) is 8.75. The third-order valence-corrected chi connectivity index (χ3v) is 3.35. The molecule has 0 aliphatic heterocycles. The van der Waals surface area contributed by atoms with Gasteiger partial charge in [-0.15, -0.1) is 5.10 Å². The van der Waals surface area contributed by atoms with Crippen LogP contribution >= 0.6 is 11.8 Å². The summed E-state index contributed by atoms with van der Waals surface area (Å²) in [4.78, 5) is 0. The molecule has 18 heavy (non-hydrogen) atoms. The van der Waals surface area contributed by atoms with E-state index >= 15 is 0 Å². The molecule has 1 aromatic carbocycles. The van der Waals surface area contributed by atoms with Gasteiger partial charge in [-0.2, -0.15) is 0 Å². The van der Waals surface area contributed by atoms with Crippen LogP contribution in [0.3, 0.4) is 0 Å². The number of hydrogen-bond donors (Lipinski definition) is 1. The van der Waals surface area contributed by atoms with E-state index in [0.717, 1.165) is 29.6 Å². The minimum Gasteiger partial charge on any atom is -0.312 e. The molecule has 0 aliphatic rings. The van der Waals surface area contributed by atoms with Crippen LogP contribution in [0.5, 0.6) is 0 Å². The number of nitrogens with one attached hydrogen (secondary N) is 1. The van der Waals surface area contributed by atoms with Crippen molar-refractivity contribution < 1.29 is 4.39 Å². The molecule has 0 amide bonds. The predicted octanol–water partition coefficient (Wildman–Crippen LogP) is 1.23. The normalized spacial score (nSPS) is 10.8. The molecule has 2 rings (SSSR count). The van der Waals surface area contributed by atoms with Gasteiger partial charge >= 0.3 is 0 Å². The van der Waals surface area contributed by atoms with E-state index in [1.165, 1.54) is 12.1 Å². The van der Waals surface area contributed by atoms with Crippen molar-refractivity contribution in [2.24, 2.45) is 7.05 Å². The fraction of sp³-hybridized carbons (Fsp3) is 0.364. The highest BCUT2D eigenvalue weighted by Crippen LogP contribution is 2.10. The topological polar surface area (TPSA) is 55.6 Å². The number of hydrogen-bond acceptors (Lipinski definition) is 5. The maximum Gasteiger partial charge on any atom is 0.209 e. The van der Waals surface area contributed by atoms with Crippen LogP contribution in [0.4, 0.5) is 4.39 Å². The van der Waals surface area contributed by atoms with E-state index in [9.17, 15) is 4.39 Å². The Morgan fingerprint density at radius 3 is 2.78 bits per heavy atom. The van der Waals surface area contributed by atoms with Crippen molar-refractivity contribution in [2.45, 2.75) is 11.7 Å². The number of nitrogens with zero attached hydrogens (tertiary/aromatic N) is 4. The van der Waals surface area contributed by atoms with E-state index < -0.39 is 0 Å². The molecule has 0 spiro atoms. The van der Waals surface area contributed by atoms with Crippen molar-refractivity contribution in [3.63, 3.8) is 0 Å².